The SMILES string of the molecule is COc1cc(-c2cnn3cc(C(C)(C)C#N)ccc23)cc(OC)c1C(=O)C[C@@H]1C[C@@H]1F. The Labute approximate surface area is 180 Å². The zero-order chi connectivity index (χ0) is 22.3. The summed E-state index contributed by atoms with van der Waals surface area (Å²) < 4.78 is 26.0. The minimum Gasteiger partial charge on any atom is -0.496 e. The van der Waals surface area contributed by atoms with Gasteiger partial charge in [0.05, 0.1) is 37.4 Å². The third kappa shape index (κ3) is 3.74. The van der Waals surface area contributed by atoms with Gasteiger partial charge in [0, 0.05) is 24.1 Å². The summed E-state index contributed by atoms with van der Waals surface area (Å²) in [6.45, 7) is 3.72. The topological polar surface area (TPSA) is 76.6 Å². The van der Waals surface area contributed by atoms with Gasteiger partial charge in [-0.25, -0.2) is 8.91 Å². The van der Waals surface area contributed by atoms with Gasteiger partial charge in [-0.2, -0.15) is 10.4 Å². The lowest BCUT2D eigenvalue weighted by molar-refractivity contribution is 0.0966. The first-order valence-corrected chi connectivity index (χ1v) is 10.1. The second-order valence-corrected chi connectivity index (χ2v) is 8.44. The van der Waals surface area contributed by atoms with E-state index in [0.717, 1.165) is 22.2 Å². The number of aromatic nitrogens is 2. The van der Waals surface area contributed by atoms with Crippen LogP contribution in [0.1, 0.15) is 42.6 Å². The molecule has 2 heterocycles. The van der Waals surface area contributed by atoms with Gasteiger partial charge in [-0.05, 0) is 49.6 Å². The van der Waals surface area contributed by atoms with Crippen LogP contribution >= 0.6 is 0 Å². The summed E-state index contributed by atoms with van der Waals surface area (Å²) in [5.74, 6) is 0.371. The van der Waals surface area contributed by atoms with Crippen molar-refractivity contribution in [1.29, 1.82) is 5.26 Å². The third-order valence-electron chi connectivity index (χ3n) is 5.90. The zero-order valence-electron chi connectivity index (χ0n) is 18.0. The lowest BCUT2D eigenvalue weighted by Gasteiger charge is -2.16. The maximum Gasteiger partial charge on any atom is 0.170 e. The van der Waals surface area contributed by atoms with E-state index >= 15 is 0 Å². The average Bonchev–Trinajstić information content (AvgIpc) is 3.29. The summed E-state index contributed by atoms with van der Waals surface area (Å²) in [4.78, 5) is 12.8. The Hall–Kier alpha value is -3.40. The molecule has 0 saturated heterocycles. The lowest BCUT2D eigenvalue weighted by Crippen LogP contribution is -2.14. The van der Waals surface area contributed by atoms with Crippen molar-refractivity contribution in [1.82, 2.24) is 9.61 Å². The van der Waals surface area contributed by atoms with E-state index in [0.29, 0.717) is 23.5 Å². The number of carbonyl (C=O) groups is 1. The third-order valence-corrected chi connectivity index (χ3v) is 5.90. The van der Waals surface area contributed by atoms with Crippen LogP contribution in [0.15, 0.2) is 36.7 Å². The maximum atomic E-state index is 13.3. The molecule has 7 heteroatoms. The van der Waals surface area contributed by atoms with Crippen LogP contribution in [-0.4, -0.2) is 35.8 Å². The fourth-order valence-corrected chi connectivity index (χ4v) is 3.75. The largest absolute Gasteiger partial charge is 0.496 e. The molecule has 0 spiro atoms. The molecule has 3 aromatic rings. The predicted octanol–water partition coefficient (Wildman–Crippen LogP) is 4.75. The Bertz CT molecular complexity index is 1180. The van der Waals surface area contributed by atoms with Gasteiger partial charge in [-0.3, -0.25) is 4.79 Å². The number of hydrogen-bond donors (Lipinski definition) is 0. The number of pyridine rings is 1. The summed E-state index contributed by atoms with van der Waals surface area (Å²) in [5, 5.41) is 13.9. The summed E-state index contributed by atoms with van der Waals surface area (Å²) in [6, 6.07) is 9.69. The van der Waals surface area contributed by atoms with E-state index in [9.17, 15) is 14.4 Å². The number of benzene rings is 1. The van der Waals surface area contributed by atoms with Crippen LogP contribution in [0, 0.1) is 17.2 Å². The van der Waals surface area contributed by atoms with E-state index < -0.39 is 11.6 Å². The molecule has 0 N–H and O–H groups in total. The first-order chi connectivity index (χ1) is 14.8. The smallest absolute Gasteiger partial charge is 0.170 e. The molecule has 31 heavy (non-hydrogen) atoms. The van der Waals surface area contributed by atoms with Crippen LogP contribution in [-0.2, 0) is 5.41 Å². The van der Waals surface area contributed by atoms with Crippen molar-refractivity contribution in [2.45, 2.75) is 38.3 Å². The van der Waals surface area contributed by atoms with Gasteiger partial charge in [0.25, 0.3) is 0 Å². The number of hydrogen-bond acceptors (Lipinski definition) is 5. The first-order valence-electron chi connectivity index (χ1n) is 10.1. The van der Waals surface area contributed by atoms with E-state index in [-0.39, 0.29) is 18.1 Å². The number of nitriles is 1. The minimum atomic E-state index is -0.894. The minimum absolute atomic E-state index is 0.140. The molecule has 0 unspecified atom stereocenters. The molecule has 1 aromatic carbocycles. The molecule has 0 bridgehead atoms. The lowest BCUT2D eigenvalue weighted by atomic mass is 9.87. The molecular formula is C24H24FN3O3. The zero-order valence-corrected chi connectivity index (χ0v) is 18.0. The number of methoxy groups -OCH3 is 2. The second-order valence-electron chi connectivity index (χ2n) is 8.44. The Kier molecular flexibility index (Phi) is 5.18. The molecule has 1 saturated carbocycles. The molecule has 2 aromatic heterocycles. The number of ketones is 1. The number of alkyl halides is 1. The van der Waals surface area contributed by atoms with E-state index in [1.165, 1.54) is 14.2 Å². The molecule has 2 atom stereocenters. The molecule has 1 aliphatic carbocycles. The Morgan fingerprint density at radius 3 is 2.48 bits per heavy atom. The van der Waals surface area contributed by atoms with Crippen molar-refractivity contribution in [2.75, 3.05) is 14.2 Å². The number of rotatable bonds is 7. The monoisotopic (exact) mass is 421 g/mol. The van der Waals surface area contributed by atoms with E-state index in [4.69, 9.17) is 9.47 Å². The van der Waals surface area contributed by atoms with Gasteiger partial charge in [-0.1, -0.05) is 6.07 Å². The van der Waals surface area contributed by atoms with E-state index in [1.807, 2.05) is 32.2 Å². The van der Waals surface area contributed by atoms with Crippen LogP contribution in [0.25, 0.3) is 16.6 Å². The highest BCUT2D eigenvalue weighted by atomic mass is 19.1. The normalized spacial score (nSPS) is 17.9. The summed E-state index contributed by atoms with van der Waals surface area (Å²) >= 11 is 0. The second kappa shape index (κ2) is 7.69. The molecule has 0 radical (unpaired) electrons. The highest BCUT2D eigenvalue weighted by Gasteiger charge is 2.40. The standard InChI is InChI=1S/C24H24FN3O3/c1-24(2,13-26)16-5-6-19-17(11-27-28(19)12-16)14-9-21(30-3)23(22(10-14)31-4)20(29)8-15-7-18(15)25/h5-6,9-12,15,18H,7-8H2,1-4H3/t15-,18-/m0/s1. The fourth-order valence-electron chi connectivity index (χ4n) is 3.75. The van der Waals surface area contributed by atoms with E-state index in [1.54, 1.807) is 22.8 Å². The maximum absolute atomic E-state index is 13.3. The van der Waals surface area contributed by atoms with Crippen LogP contribution in [0.2, 0.25) is 0 Å². The van der Waals surface area contributed by atoms with Crippen molar-refractivity contribution >= 4 is 11.3 Å². The number of Topliss-reactive ketones (excluding diaryl/α,β-unsaturated/α-hetero) is 1. The molecule has 4 rings (SSSR count). The van der Waals surface area contributed by atoms with Crippen LogP contribution in [0.5, 0.6) is 11.5 Å². The molecule has 0 amide bonds. The Morgan fingerprint density at radius 1 is 1.29 bits per heavy atom. The van der Waals surface area contributed by atoms with Crippen molar-refractivity contribution in [3.05, 3.63) is 47.8 Å². The number of fused-ring (bicyclic) bond motifs is 1. The first kappa shape index (κ1) is 20.9. The fraction of sp³-hybridized carbons (Fsp3) is 0.375. The number of nitrogens with zero attached hydrogens (tertiary/aromatic N) is 3. The quantitative estimate of drug-likeness (QED) is 0.515. The number of ether oxygens (including phenoxy) is 2. The van der Waals surface area contributed by atoms with Gasteiger partial charge in [0.2, 0.25) is 0 Å². The van der Waals surface area contributed by atoms with Crippen LogP contribution < -0.4 is 9.47 Å². The molecule has 1 fully saturated rings. The van der Waals surface area contributed by atoms with Gasteiger partial charge < -0.3 is 9.47 Å². The predicted molar refractivity (Wildman–Crippen MR) is 114 cm³/mol. The summed E-state index contributed by atoms with van der Waals surface area (Å²) in [5.41, 5.74) is 3.03. The van der Waals surface area contributed by atoms with Crippen LogP contribution in [0.3, 0.4) is 0 Å². The summed E-state index contributed by atoms with van der Waals surface area (Å²) in [7, 11) is 2.99. The molecular weight excluding hydrogens is 397 g/mol. The molecule has 1 aliphatic rings. The highest BCUT2D eigenvalue weighted by Crippen LogP contribution is 2.42. The molecule has 6 nitrogen and oxygen atoms in total. The highest BCUT2D eigenvalue weighted by molar-refractivity contribution is 6.02. The van der Waals surface area contributed by atoms with Crippen molar-refractivity contribution < 1.29 is 18.7 Å². The van der Waals surface area contributed by atoms with Crippen molar-refractivity contribution in [3.63, 3.8) is 0 Å². The van der Waals surface area contributed by atoms with Gasteiger partial charge in [-0.15, -0.1) is 0 Å². The number of carbonyl (C=O) groups excluding carboxylic acids is 1. The average molecular weight is 421 g/mol. The van der Waals surface area contributed by atoms with Gasteiger partial charge >= 0.3 is 0 Å². The van der Waals surface area contributed by atoms with Gasteiger partial charge in [0.15, 0.2) is 5.78 Å². The van der Waals surface area contributed by atoms with Gasteiger partial charge in [0.1, 0.15) is 23.2 Å². The van der Waals surface area contributed by atoms with Crippen molar-refractivity contribution in [3.8, 4) is 28.7 Å². The molecule has 160 valence electrons. The summed E-state index contributed by atoms with van der Waals surface area (Å²) in [6.07, 6.45) is 3.25. The Balaban J connectivity index is 1.77. The number of halogens is 1. The molecule has 0 aliphatic heterocycles. The van der Waals surface area contributed by atoms with Crippen molar-refractivity contribution in [2.24, 2.45) is 5.92 Å². The van der Waals surface area contributed by atoms with Crippen LogP contribution in [0.4, 0.5) is 4.39 Å². The van der Waals surface area contributed by atoms with E-state index in [2.05, 4.69) is 11.2 Å². The Morgan fingerprint density at radius 2 is 1.94 bits per heavy atom.